The summed E-state index contributed by atoms with van der Waals surface area (Å²) in [5, 5.41) is 8.95. The molecule has 2 aromatic heterocycles. The Labute approximate surface area is 358 Å². The van der Waals surface area contributed by atoms with E-state index in [1.54, 1.807) is 54.6 Å². The maximum absolute atomic E-state index is 12.8. The van der Waals surface area contributed by atoms with Crippen molar-refractivity contribution in [2.75, 3.05) is 76.3 Å². The molecule has 18 heteroatoms. The van der Waals surface area contributed by atoms with Gasteiger partial charge in [0.2, 0.25) is 20.0 Å². The maximum Gasteiger partial charge on any atom is 0.253 e. The monoisotopic (exact) mass is 874 g/mol. The van der Waals surface area contributed by atoms with Crippen LogP contribution >= 0.6 is 0 Å². The average molecular weight is 875 g/mol. The Bertz CT molecular complexity index is 3270. The molecular weight excluding hydrogens is 829 g/mol. The number of carbonyl (C=O) groups is 2. The highest BCUT2D eigenvalue weighted by molar-refractivity contribution is 7.92. The van der Waals surface area contributed by atoms with Gasteiger partial charge in [0.15, 0.2) is 0 Å². The summed E-state index contributed by atoms with van der Waals surface area (Å²) in [6.45, 7) is 2.51. The van der Waals surface area contributed by atoms with Crippen molar-refractivity contribution in [1.29, 1.82) is 0 Å². The Morgan fingerprint density at radius 3 is 1.53 bits per heavy atom. The van der Waals surface area contributed by atoms with E-state index in [9.17, 15) is 26.4 Å². The van der Waals surface area contributed by atoms with Crippen LogP contribution in [0.2, 0.25) is 0 Å². The van der Waals surface area contributed by atoms with E-state index in [2.05, 4.69) is 20.1 Å². The van der Waals surface area contributed by atoms with Gasteiger partial charge in [-0.3, -0.25) is 19.0 Å². The molecule has 2 amide bonds. The second kappa shape index (κ2) is 17.8. The molecule has 0 bridgehead atoms. The summed E-state index contributed by atoms with van der Waals surface area (Å²) in [6.07, 6.45) is 2.22. The fraction of sp³-hybridized carbons (Fsp3) is 0.227. The quantitative estimate of drug-likeness (QED) is 0.0923. The molecule has 8 rings (SSSR count). The lowest BCUT2D eigenvalue weighted by Gasteiger charge is -2.12. The Morgan fingerprint density at radius 2 is 1.00 bits per heavy atom. The van der Waals surface area contributed by atoms with Crippen molar-refractivity contribution >= 4 is 109 Å². The van der Waals surface area contributed by atoms with Gasteiger partial charge in [-0.25, -0.2) is 36.8 Å². The van der Waals surface area contributed by atoms with Crippen molar-refractivity contribution < 1.29 is 26.4 Å². The van der Waals surface area contributed by atoms with Crippen LogP contribution in [-0.2, 0) is 20.0 Å². The molecule has 0 aliphatic rings. The van der Waals surface area contributed by atoms with Crippen molar-refractivity contribution in [2.45, 2.75) is 0 Å². The summed E-state index contributed by atoms with van der Waals surface area (Å²) in [7, 11) is 0.981. The molecule has 0 fully saturated rings. The van der Waals surface area contributed by atoms with E-state index in [1.807, 2.05) is 80.5 Å². The lowest BCUT2D eigenvalue weighted by Crippen LogP contribution is -2.31. The Morgan fingerprint density at radius 1 is 0.516 bits per heavy atom. The Hall–Kier alpha value is -6.60. The maximum atomic E-state index is 12.8. The molecule has 0 unspecified atom stereocenters. The predicted octanol–water partition coefficient (Wildman–Crippen LogP) is 5.20. The van der Waals surface area contributed by atoms with Crippen LogP contribution in [0, 0.1) is 0 Å². The highest BCUT2D eigenvalue weighted by atomic mass is 32.2. The topological polar surface area (TPSA) is 209 Å². The molecule has 0 aliphatic heterocycles. The molecular formula is C44H46N10O6S2. The smallest absolute Gasteiger partial charge is 0.253 e. The number of anilines is 2. The van der Waals surface area contributed by atoms with Gasteiger partial charge >= 0.3 is 0 Å². The number of hydrogen-bond acceptors (Lipinski definition) is 12. The standard InChI is InChI=1S/2C22H23N5O3S/c1-27(2)13-12-23-22(28)16-7-5-9-18-21(16)25-20-15-6-4-8-17(26-31(3,29)30)14(15)10-11-19(20)24-18;1-27(2)12-11-23-22(28)17-5-4-6-18-21(17)25-20-16-9-8-15(26-31(3,29)30)13-14(16)7-10-19(20)24-18/h4-11,26H,12-13H2,1-3H3,(H,23,28);4-10,13,26H,11-12H2,1-3H3,(H,23,28). The van der Waals surface area contributed by atoms with Gasteiger partial charge in [0.25, 0.3) is 11.8 Å². The largest absolute Gasteiger partial charge is 0.351 e. The number of fused-ring (bicyclic) bond motifs is 8. The third-order valence-electron chi connectivity index (χ3n) is 9.72. The first-order chi connectivity index (χ1) is 29.4. The minimum Gasteiger partial charge on any atom is -0.351 e. The predicted molar refractivity (Wildman–Crippen MR) is 248 cm³/mol. The van der Waals surface area contributed by atoms with Crippen LogP contribution in [0.5, 0.6) is 0 Å². The lowest BCUT2D eigenvalue weighted by atomic mass is 10.1. The van der Waals surface area contributed by atoms with Crippen LogP contribution in [-0.4, -0.2) is 125 Å². The highest BCUT2D eigenvalue weighted by Gasteiger charge is 2.17. The van der Waals surface area contributed by atoms with E-state index in [-0.39, 0.29) is 11.8 Å². The van der Waals surface area contributed by atoms with Crippen molar-refractivity contribution in [1.82, 2.24) is 40.4 Å². The molecule has 2 heterocycles. The zero-order valence-electron chi connectivity index (χ0n) is 35.0. The Balaban J connectivity index is 0.000000186. The van der Waals surface area contributed by atoms with E-state index < -0.39 is 20.0 Å². The summed E-state index contributed by atoms with van der Waals surface area (Å²) >= 11 is 0. The van der Waals surface area contributed by atoms with E-state index in [1.165, 1.54) is 0 Å². The Kier molecular flexibility index (Phi) is 12.5. The summed E-state index contributed by atoms with van der Waals surface area (Å²) in [4.78, 5) is 48.5. The van der Waals surface area contributed by atoms with Crippen LogP contribution in [0.25, 0.3) is 65.7 Å². The molecule has 16 nitrogen and oxygen atoms in total. The molecule has 62 heavy (non-hydrogen) atoms. The molecule has 6 aromatic carbocycles. The van der Waals surface area contributed by atoms with Crippen molar-refractivity contribution in [3.05, 3.63) is 108 Å². The number of likely N-dealkylation sites (N-methyl/N-ethyl adjacent to an activating group) is 2. The van der Waals surface area contributed by atoms with Crippen molar-refractivity contribution in [3.8, 4) is 0 Å². The fourth-order valence-corrected chi connectivity index (χ4v) is 8.05. The van der Waals surface area contributed by atoms with Gasteiger partial charge in [-0.15, -0.1) is 0 Å². The zero-order valence-corrected chi connectivity index (χ0v) is 36.6. The van der Waals surface area contributed by atoms with Gasteiger partial charge in [-0.1, -0.05) is 36.4 Å². The molecule has 4 N–H and O–H groups in total. The van der Waals surface area contributed by atoms with E-state index >= 15 is 0 Å². The van der Waals surface area contributed by atoms with Gasteiger partial charge in [-0.05, 0) is 94.2 Å². The van der Waals surface area contributed by atoms with Gasteiger partial charge in [0, 0.05) is 48.0 Å². The van der Waals surface area contributed by atoms with Gasteiger partial charge in [0.05, 0.1) is 62.4 Å². The van der Waals surface area contributed by atoms with Gasteiger partial charge in [0.1, 0.15) is 11.0 Å². The van der Waals surface area contributed by atoms with Crippen LogP contribution in [0.3, 0.4) is 0 Å². The van der Waals surface area contributed by atoms with Crippen LogP contribution in [0.15, 0.2) is 97.1 Å². The second-order valence-corrected chi connectivity index (χ2v) is 18.9. The summed E-state index contributed by atoms with van der Waals surface area (Å²) in [5.74, 6) is -0.401. The number of nitrogens with zero attached hydrogens (tertiary/aromatic N) is 6. The molecule has 320 valence electrons. The van der Waals surface area contributed by atoms with E-state index in [0.29, 0.717) is 85.1 Å². The normalized spacial score (nSPS) is 12.0. The first kappa shape index (κ1) is 43.5. The highest BCUT2D eigenvalue weighted by Crippen LogP contribution is 2.32. The summed E-state index contributed by atoms with van der Waals surface area (Å²) in [5.41, 5.74) is 6.80. The molecule has 0 atom stereocenters. The molecule has 8 aromatic rings. The van der Waals surface area contributed by atoms with Gasteiger partial charge in [-0.2, -0.15) is 0 Å². The number of sulfonamides is 2. The number of aromatic nitrogens is 4. The summed E-state index contributed by atoms with van der Waals surface area (Å²) < 4.78 is 51.6. The van der Waals surface area contributed by atoms with E-state index in [4.69, 9.17) is 19.9 Å². The first-order valence-electron chi connectivity index (χ1n) is 19.5. The van der Waals surface area contributed by atoms with Crippen molar-refractivity contribution in [3.63, 3.8) is 0 Å². The summed E-state index contributed by atoms with van der Waals surface area (Å²) in [6, 6.07) is 28.7. The zero-order chi connectivity index (χ0) is 44.3. The number of nitrogens with one attached hydrogen (secondary N) is 4. The lowest BCUT2D eigenvalue weighted by molar-refractivity contribution is 0.0944. The average Bonchev–Trinajstić information content (AvgIpc) is 3.20. The second-order valence-electron chi connectivity index (χ2n) is 15.4. The SMILES string of the molecule is CN(C)CCNC(=O)c1cccc2nc3ccc4c(NS(C)(=O)=O)cccc4c3nc12.CN(C)CCNC(=O)c1cccc2nc3ccc4cc(NS(C)(=O)=O)ccc4c3nc12. The first-order valence-corrected chi connectivity index (χ1v) is 23.3. The molecule has 0 saturated heterocycles. The van der Waals surface area contributed by atoms with Gasteiger partial charge < -0.3 is 20.4 Å². The fourth-order valence-electron chi connectivity index (χ4n) is 6.92. The third-order valence-corrected chi connectivity index (χ3v) is 10.9. The number of hydrogen-bond donors (Lipinski definition) is 4. The number of amides is 2. The number of carbonyl (C=O) groups excluding carboxylic acids is 2. The molecule has 0 radical (unpaired) electrons. The molecule has 0 aliphatic carbocycles. The van der Waals surface area contributed by atoms with Crippen LogP contribution < -0.4 is 20.1 Å². The number of benzene rings is 6. The molecule has 0 saturated carbocycles. The van der Waals surface area contributed by atoms with Crippen LogP contribution in [0.1, 0.15) is 20.7 Å². The number of rotatable bonds is 12. The van der Waals surface area contributed by atoms with Crippen LogP contribution in [0.4, 0.5) is 11.4 Å². The number of para-hydroxylation sites is 2. The minimum absolute atomic E-state index is 0.194. The minimum atomic E-state index is -3.43. The third kappa shape index (κ3) is 10.1. The van der Waals surface area contributed by atoms with E-state index in [0.717, 1.165) is 41.8 Å². The van der Waals surface area contributed by atoms with Crippen molar-refractivity contribution in [2.24, 2.45) is 0 Å². The molecule has 0 spiro atoms.